The smallest absolute Gasteiger partial charge is 0.256 e. The van der Waals surface area contributed by atoms with Crippen LogP contribution in [0.1, 0.15) is 132 Å². The Bertz CT molecular complexity index is 6080. The molecule has 9 aliphatic rings. The number of hydrogen-bond acceptors (Lipinski definition) is 6. The van der Waals surface area contributed by atoms with E-state index in [1.54, 1.807) is 0 Å². The third-order valence-electron chi connectivity index (χ3n) is 28.3. The van der Waals surface area contributed by atoms with E-state index in [4.69, 9.17) is 4.74 Å². The monoisotopic (exact) mass is 1490 g/mol. The van der Waals surface area contributed by atoms with Gasteiger partial charge in [-0.15, -0.1) is 0 Å². The van der Waals surface area contributed by atoms with E-state index >= 15 is 0 Å². The number of hydrogen-bond donors (Lipinski definition) is 0. The summed E-state index contributed by atoms with van der Waals surface area (Å²) in [6.45, 7) is 7.05. The predicted octanol–water partition coefficient (Wildman–Crippen LogP) is 24.4. The van der Waals surface area contributed by atoms with Gasteiger partial charge in [-0.2, -0.15) is 0 Å². The molecule has 23 rings (SSSR count). The minimum atomic E-state index is -0.834. The topological polar surface area (TPSA) is 25.4 Å². The number of benzene rings is 14. The second kappa shape index (κ2) is 27.1. The van der Waals surface area contributed by atoms with Gasteiger partial charge in [0, 0.05) is 74.5 Å². The lowest BCUT2D eigenvalue weighted by atomic mass is 9.33. The summed E-state index contributed by atoms with van der Waals surface area (Å²) >= 11 is 0. The Balaban J connectivity index is 0.847. The largest absolute Gasteiger partial charge is 0.458 e. The zero-order chi connectivity index (χ0) is 76.2. The first-order valence-corrected chi connectivity index (χ1v) is 42.9. The molecule has 0 aromatic heterocycles. The van der Waals surface area contributed by atoms with Gasteiger partial charge in [-0.3, -0.25) is 0 Å². The van der Waals surface area contributed by atoms with Gasteiger partial charge in [0.2, 0.25) is 0 Å². The number of ether oxygens (including phenoxy) is 1. The molecule has 4 aliphatic carbocycles. The van der Waals surface area contributed by atoms with Crippen LogP contribution in [0.2, 0.25) is 0 Å². The van der Waals surface area contributed by atoms with Crippen molar-refractivity contribution in [2.75, 3.05) is 24.5 Å². The molecule has 2 unspecified atom stereocenters. The summed E-state index contributed by atoms with van der Waals surface area (Å²) in [5.74, 6) is 4.13. The van der Waals surface area contributed by atoms with Crippen LogP contribution in [0.3, 0.4) is 0 Å². The molecule has 0 N–H and O–H groups in total. The first-order chi connectivity index (χ1) is 56.7. The third kappa shape index (κ3) is 10.5. The maximum absolute atomic E-state index is 7.58. The van der Waals surface area contributed by atoms with Crippen molar-refractivity contribution in [2.24, 2.45) is 23.7 Å². The highest BCUT2D eigenvalue weighted by Crippen LogP contribution is 2.66. The number of rotatable bonds is 10. The summed E-state index contributed by atoms with van der Waals surface area (Å²) in [5.41, 5.74) is 34.8. The lowest BCUT2D eigenvalue weighted by Crippen LogP contribution is -2.65. The van der Waals surface area contributed by atoms with E-state index in [1.807, 2.05) is 0 Å². The molecule has 6 nitrogen and oxygen atoms in total. The fourth-order valence-electron chi connectivity index (χ4n) is 23.6. The van der Waals surface area contributed by atoms with Gasteiger partial charge in [-0.1, -0.05) is 310 Å². The van der Waals surface area contributed by atoms with Crippen LogP contribution in [0.4, 0.5) is 79.6 Å². The van der Waals surface area contributed by atoms with E-state index in [0.717, 1.165) is 73.4 Å². The Labute approximate surface area is 678 Å². The molecule has 14 aromatic carbocycles. The van der Waals surface area contributed by atoms with Gasteiger partial charge in [0.25, 0.3) is 13.4 Å². The number of nitrogens with zero attached hydrogens (tertiary/aromatic N) is 5. The maximum atomic E-state index is 7.58. The molecule has 0 radical (unpaired) electrons. The average molecular weight is 1490 g/mol. The fraction of sp³-hybridized carbons (Fsp3) is 0.215. The van der Waals surface area contributed by atoms with Gasteiger partial charge in [0.1, 0.15) is 11.5 Å². The first-order valence-electron chi connectivity index (χ1n) is 42.9. The first kappa shape index (κ1) is 68.6. The molecule has 5 heterocycles. The molecule has 3 fully saturated rings. The van der Waals surface area contributed by atoms with Gasteiger partial charge in [-0.05, 0) is 216 Å². The molecule has 5 aliphatic heterocycles. The van der Waals surface area contributed by atoms with Crippen LogP contribution in [0.25, 0.3) is 22.3 Å². The Morgan fingerprint density at radius 3 is 1.41 bits per heavy atom. The van der Waals surface area contributed by atoms with E-state index in [0.29, 0.717) is 23.7 Å². The summed E-state index contributed by atoms with van der Waals surface area (Å²) in [5, 5.41) is 0. The summed E-state index contributed by atoms with van der Waals surface area (Å²) < 4.78 is 7.58. The van der Waals surface area contributed by atoms with Crippen LogP contribution >= 0.6 is 0 Å². The lowest BCUT2D eigenvalue weighted by molar-refractivity contribution is 0.0839. The molecular weight excluding hydrogens is 1390 g/mol. The molecule has 0 amide bonds. The van der Waals surface area contributed by atoms with Gasteiger partial charge in [0.15, 0.2) is 0 Å². The number of fused-ring (bicyclic) bond motifs is 17. The molecule has 14 aromatic rings. The van der Waals surface area contributed by atoms with E-state index in [1.165, 1.54) is 184 Å². The van der Waals surface area contributed by atoms with Crippen molar-refractivity contribution in [2.45, 2.75) is 121 Å². The van der Waals surface area contributed by atoms with Crippen LogP contribution in [-0.2, 0) is 10.8 Å². The van der Waals surface area contributed by atoms with E-state index in [9.17, 15) is 0 Å². The normalized spacial score (nSPS) is 18.5. The quantitative estimate of drug-likeness (QED) is 0.127. The van der Waals surface area contributed by atoms with Gasteiger partial charge in [0.05, 0.1) is 28.2 Å². The summed E-state index contributed by atoms with van der Waals surface area (Å²) in [6.07, 6.45) is 17.2. The third-order valence-corrected chi connectivity index (χ3v) is 28.3. The SMILES string of the molecule is CC(C)(C)c1cc2c3c(c1)N(C1C(C4CCCCC4)CCCC1C1CCCCC1)c1cc4c(cc1B3c1ccccc1N2c1ccccc1)C1(c2ccccc2-c2ccccc21)c1cc2c(cc1N4c1ccccc1)N(c1ccccc1)c1cc(N(c3ccccc3)c3ccccc3-c3ccccc3)cc3c1B2c1ccccc1O3. The Hall–Kier alpha value is -12.0. The van der Waals surface area contributed by atoms with Crippen molar-refractivity contribution in [1.82, 2.24) is 0 Å². The maximum Gasteiger partial charge on any atom is 0.256 e. The molecule has 0 saturated heterocycles. The molecule has 3 saturated carbocycles. The zero-order valence-electron chi connectivity index (χ0n) is 66.0. The second-order valence-electron chi connectivity index (χ2n) is 35.3. The molecule has 0 bridgehead atoms. The van der Waals surface area contributed by atoms with Crippen LogP contribution in [0.15, 0.2) is 322 Å². The number of anilines is 14. The average Bonchev–Trinajstić information content (AvgIpc) is 1.59. The van der Waals surface area contributed by atoms with Crippen LogP contribution in [0.5, 0.6) is 11.5 Å². The van der Waals surface area contributed by atoms with Gasteiger partial charge < -0.3 is 29.2 Å². The van der Waals surface area contributed by atoms with Crippen molar-refractivity contribution in [1.29, 1.82) is 0 Å². The number of para-hydroxylation sites is 7. The fourth-order valence-corrected chi connectivity index (χ4v) is 23.6. The van der Waals surface area contributed by atoms with Crippen molar-refractivity contribution in [3.05, 3.63) is 349 Å². The van der Waals surface area contributed by atoms with Crippen LogP contribution < -0.4 is 62.0 Å². The van der Waals surface area contributed by atoms with E-state index < -0.39 is 5.41 Å². The van der Waals surface area contributed by atoms with E-state index in [-0.39, 0.29) is 24.9 Å². The van der Waals surface area contributed by atoms with Crippen molar-refractivity contribution < 1.29 is 4.74 Å². The Morgan fingerprint density at radius 1 is 0.330 bits per heavy atom. The molecule has 115 heavy (non-hydrogen) atoms. The molecule has 2 atom stereocenters. The van der Waals surface area contributed by atoms with Crippen molar-refractivity contribution >= 4 is 126 Å². The predicted molar refractivity (Wildman–Crippen MR) is 482 cm³/mol. The summed E-state index contributed by atoms with van der Waals surface area (Å²) in [6, 6.07) is 124. The van der Waals surface area contributed by atoms with Gasteiger partial charge in [-0.25, -0.2) is 0 Å². The van der Waals surface area contributed by atoms with Crippen molar-refractivity contribution in [3.63, 3.8) is 0 Å². The molecular formula is C107H93B2N5O. The minimum absolute atomic E-state index is 0.0988. The molecule has 558 valence electrons. The highest BCUT2D eigenvalue weighted by molar-refractivity contribution is 7.00. The van der Waals surface area contributed by atoms with Crippen LogP contribution in [-0.4, -0.2) is 19.5 Å². The minimum Gasteiger partial charge on any atom is -0.458 e. The highest BCUT2D eigenvalue weighted by Gasteiger charge is 2.57. The zero-order valence-corrected chi connectivity index (χ0v) is 66.0. The summed E-state index contributed by atoms with van der Waals surface area (Å²) in [4.78, 5) is 13.6. The van der Waals surface area contributed by atoms with E-state index in [2.05, 4.69) is 367 Å². The summed E-state index contributed by atoms with van der Waals surface area (Å²) in [7, 11) is 0. The Morgan fingerprint density at radius 2 is 0.800 bits per heavy atom. The standard InChI is InChI=1S/C107H93B2N5O/c1-106(2,3)73-62-98-103-99(63-73)114(105-80(71-38-13-5-14-39-71)53-35-54-81(105)72-40-15-6-16-41-72)97-69-95-87(67-91(97)108(103)88-57-30-33-60-93(88)111(98)75-44-19-8-20-45-75)107(84-55-28-25-51-82(84)83-52-26-29-56-85(83)107)86-66-90-96(68-94(86)112(95)76-46-21-9-22-47-76)113(77-48-23-10-24-49-77)100-64-78(65-102-104(100)109(90)89-58-31-34-61-101(89)115-102)110(74-42-17-7-18-43-74)92-59-32-27-50-79(92)70-36-11-4-12-37-70/h4,7-12,17-34,36-37,42-52,55-69,71-72,80-81,105H,5-6,13-16,35,38-41,53-54H2,1-3H3. The van der Waals surface area contributed by atoms with Crippen molar-refractivity contribution in [3.8, 4) is 33.8 Å². The Kier molecular flexibility index (Phi) is 16.2. The second-order valence-corrected chi connectivity index (χ2v) is 35.3. The van der Waals surface area contributed by atoms with Gasteiger partial charge >= 0.3 is 0 Å². The highest BCUT2D eigenvalue weighted by atomic mass is 16.5. The molecule has 1 spiro atoms. The van der Waals surface area contributed by atoms with Crippen LogP contribution in [0, 0.1) is 23.7 Å². The lowest BCUT2D eigenvalue weighted by Gasteiger charge is -2.55. The molecule has 8 heteroatoms.